The van der Waals surface area contributed by atoms with E-state index in [9.17, 15) is 13.2 Å². The summed E-state index contributed by atoms with van der Waals surface area (Å²) in [5.41, 5.74) is 1.70. The maximum Gasteiger partial charge on any atom is 0.262 e. The fourth-order valence-electron chi connectivity index (χ4n) is 2.94. The van der Waals surface area contributed by atoms with Crippen LogP contribution in [0.3, 0.4) is 0 Å². The maximum absolute atomic E-state index is 12.8. The molecule has 31 heavy (non-hydrogen) atoms. The van der Waals surface area contributed by atoms with Gasteiger partial charge in [-0.1, -0.05) is 6.07 Å². The van der Waals surface area contributed by atoms with Gasteiger partial charge in [-0.3, -0.25) is 9.52 Å². The lowest BCUT2D eigenvalue weighted by atomic mass is 10.2. The van der Waals surface area contributed by atoms with Crippen molar-refractivity contribution in [2.24, 2.45) is 0 Å². The second kappa shape index (κ2) is 8.65. The predicted octanol–water partition coefficient (Wildman–Crippen LogP) is 3.60. The third kappa shape index (κ3) is 4.95. The molecule has 0 radical (unpaired) electrons. The standard InChI is InChI=1S/C22H21N3O5S/c1-15-3-10-21(23-14-15)24-22(26)16-4-6-17(7-5-16)25-31(27,28)18-8-9-19-20(13-18)30-12-2-11-29-19/h3-10,13-14,25H,2,11-12H2,1H3,(H,23,24,26). The van der Waals surface area contributed by atoms with Crippen molar-refractivity contribution in [2.75, 3.05) is 23.3 Å². The zero-order valence-electron chi connectivity index (χ0n) is 16.8. The van der Waals surface area contributed by atoms with E-state index in [0.717, 1.165) is 12.0 Å². The van der Waals surface area contributed by atoms with Gasteiger partial charge in [0.05, 0.1) is 18.1 Å². The van der Waals surface area contributed by atoms with E-state index in [0.29, 0.717) is 41.8 Å². The number of carbonyl (C=O) groups excluding carboxylic acids is 1. The first kappa shape index (κ1) is 20.7. The molecular formula is C22H21N3O5S. The predicted molar refractivity (Wildman–Crippen MR) is 116 cm³/mol. The summed E-state index contributed by atoms with van der Waals surface area (Å²) in [4.78, 5) is 16.6. The van der Waals surface area contributed by atoms with E-state index < -0.39 is 10.0 Å². The van der Waals surface area contributed by atoms with Gasteiger partial charge in [-0.2, -0.15) is 0 Å². The Morgan fingerprint density at radius 3 is 2.42 bits per heavy atom. The number of pyridine rings is 1. The average molecular weight is 439 g/mol. The van der Waals surface area contributed by atoms with Gasteiger partial charge in [0.25, 0.3) is 15.9 Å². The number of nitrogens with one attached hydrogen (secondary N) is 2. The number of aromatic nitrogens is 1. The SMILES string of the molecule is Cc1ccc(NC(=O)c2ccc(NS(=O)(=O)c3ccc4c(c3)OCCCO4)cc2)nc1. The molecule has 9 heteroatoms. The number of rotatable bonds is 5. The van der Waals surface area contributed by atoms with Gasteiger partial charge >= 0.3 is 0 Å². The van der Waals surface area contributed by atoms with Gasteiger partial charge in [-0.15, -0.1) is 0 Å². The van der Waals surface area contributed by atoms with E-state index in [4.69, 9.17) is 9.47 Å². The molecule has 0 fully saturated rings. The quantitative estimate of drug-likeness (QED) is 0.629. The number of carbonyl (C=O) groups is 1. The number of fused-ring (bicyclic) bond motifs is 1. The fraction of sp³-hybridized carbons (Fsp3) is 0.182. The van der Waals surface area contributed by atoms with E-state index in [1.54, 1.807) is 18.3 Å². The number of hydrogen-bond donors (Lipinski definition) is 2. The third-order valence-corrected chi connectivity index (χ3v) is 5.96. The summed E-state index contributed by atoms with van der Waals surface area (Å²) in [6, 6.07) is 14.2. The van der Waals surface area contributed by atoms with Crippen LogP contribution in [0.15, 0.2) is 65.7 Å². The summed E-state index contributed by atoms with van der Waals surface area (Å²) in [6.07, 6.45) is 2.39. The molecule has 160 valence electrons. The van der Waals surface area contributed by atoms with Crippen molar-refractivity contribution in [1.29, 1.82) is 0 Å². The first-order valence-corrected chi connectivity index (χ1v) is 11.2. The molecule has 0 saturated heterocycles. The van der Waals surface area contributed by atoms with E-state index in [-0.39, 0.29) is 10.8 Å². The lowest BCUT2D eigenvalue weighted by molar-refractivity contribution is 0.102. The Kier molecular flexibility index (Phi) is 5.77. The number of amides is 1. The van der Waals surface area contributed by atoms with Crippen molar-refractivity contribution in [3.8, 4) is 11.5 Å². The lowest BCUT2D eigenvalue weighted by Gasteiger charge is -2.12. The zero-order chi connectivity index (χ0) is 21.8. The van der Waals surface area contributed by atoms with E-state index >= 15 is 0 Å². The molecule has 0 atom stereocenters. The van der Waals surface area contributed by atoms with Crippen LogP contribution in [0.5, 0.6) is 11.5 Å². The molecule has 0 spiro atoms. The molecule has 1 aliphatic heterocycles. The second-order valence-corrected chi connectivity index (χ2v) is 8.70. The van der Waals surface area contributed by atoms with E-state index in [1.165, 1.54) is 36.4 Å². The van der Waals surface area contributed by atoms with Gasteiger partial charge in [0.2, 0.25) is 0 Å². The summed E-state index contributed by atoms with van der Waals surface area (Å²) in [6.45, 7) is 2.90. The first-order valence-electron chi connectivity index (χ1n) is 9.67. The van der Waals surface area contributed by atoms with Crippen molar-refractivity contribution in [3.05, 3.63) is 71.9 Å². The van der Waals surface area contributed by atoms with Crippen molar-refractivity contribution < 1.29 is 22.7 Å². The average Bonchev–Trinajstić information content (AvgIpc) is 3.00. The highest BCUT2D eigenvalue weighted by atomic mass is 32.2. The third-order valence-electron chi connectivity index (χ3n) is 4.58. The van der Waals surface area contributed by atoms with Gasteiger partial charge in [0, 0.05) is 29.9 Å². The molecule has 0 saturated carbocycles. The number of ether oxygens (including phenoxy) is 2. The minimum Gasteiger partial charge on any atom is -0.490 e. The summed E-state index contributed by atoms with van der Waals surface area (Å²) in [5, 5.41) is 2.70. The fourth-order valence-corrected chi connectivity index (χ4v) is 4.02. The number of nitrogens with zero attached hydrogens (tertiary/aromatic N) is 1. The van der Waals surface area contributed by atoms with Crippen LogP contribution in [0.2, 0.25) is 0 Å². The van der Waals surface area contributed by atoms with Crippen molar-refractivity contribution >= 4 is 27.4 Å². The van der Waals surface area contributed by atoms with Crippen LogP contribution in [0.4, 0.5) is 11.5 Å². The Bertz CT molecular complexity index is 1190. The highest BCUT2D eigenvalue weighted by Crippen LogP contribution is 2.32. The molecule has 0 bridgehead atoms. The molecule has 1 amide bonds. The van der Waals surface area contributed by atoms with Crippen LogP contribution in [-0.4, -0.2) is 32.5 Å². The van der Waals surface area contributed by atoms with Crippen LogP contribution >= 0.6 is 0 Å². The zero-order valence-corrected chi connectivity index (χ0v) is 17.6. The molecule has 2 heterocycles. The smallest absolute Gasteiger partial charge is 0.262 e. The summed E-state index contributed by atoms with van der Waals surface area (Å²) in [5.74, 6) is 1.02. The van der Waals surface area contributed by atoms with Crippen LogP contribution in [0.1, 0.15) is 22.3 Å². The minimum atomic E-state index is -3.84. The second-order valence-electron chi connectivity index (χ2n) is 7.02. The molecule has 3 aromatic rings. The number of aryl methyl sites for hydroxylation is 1. The van der Waals surface area contributed by atoms with Gasteiger partial charge < -0.3 is 14.8 Å². The normalized spacial score (nSPS) is 13.2. The minimum absolute atomic E-state index is 0.0593. The Morgan fingerprint density at radius 1 is 0.968 bits per heavy atom. The van der Waals surface area contributed by atoms with Gasteiger partial charge in [-0.05, 0) is 55.0 Å². The Hall–Kier alpha value is -3.59. The molecule has 8 nitrogen and oxygen atoms in total. The number of benzene rings is 2. The van der Waals surface area contributed by atoms with Gasteiger partial charge in [0.15, 0.2) is 11.5 Å². The van der Waals surface area contributed by atoms with Crippen molar-refractivity contribution in [3.63, 3.8) is 0 Å². The van der Waals surface area contributed by atoms with Crippen LogP contribution in [0, 0.1) is 6.92 Å². The Balaban J connectivity index is 1.46. The summed E-state index contributed by atoms with van der Waals surface area (Å²) >= 11 is 0. The highest BCUT2D eigenvalue weighted by molar-refractivity contribution is 7.92. The first-order chi connectivity index (χ1) is 14.9. The molecule has 2 aromatic carbocycles. The highest BCUT2D eigenvalue weighted by Gasteiger charge is 2.19. The molecule has 4 rings (SSSR count). The summed E-state index contributed by atoms with van der Waals surface area (Å²) in [7, 11) is -3.84. The Labute approximate surface area is 180 Å². The largest absolute Gasteiger partial charge is 0.490 e. The Morgan fingerprint density at radius 2 is 1.71 bits per heavy atom. The van der Waals surface area contributed by atoms with Gasteiger partial charge in [-0.25, -0.2) is 13.4 Å². The molecule has 0 unspecified atom stereocenters. The monoisotopic (exact) mass is 439 g/mol. The molecule has 1 aromatic heterocycles. The van der Waals surface area contributed by atoms with Crippen LogP contribution in [-0.2, 0) is 10.0 Å². The number of hydrogen-bond acceptors (Lipinski definition) is 6. The van der Waals surface area contributed by atoms with Gasteiger partial charge in [0.1, 0.15) is 5.82 Å². The van der Waals surface area contributed by atoms with E-state index in [2.05, 4.69) is 15.0 Å². The molecular weight excluding hydrogens is 418 g/mol. The molecule has 2 N–H and O–H groups in total. The van der Waals surface area contributed by atoms with Crippen LogP contribution in [0.25, 0.3) is 0 Å². The van der Waals surface area contributed by atoms with E-state index in [1.807, 2.05) is 13.0 Å². The lowest BCUT2D eigenvalue weighted by Crippen LogP contribution is -2.15. The topological polar surface area (TPSA) is 107 Å². The van der Waals surface area contributed by atoms with Crippen molar-refractivity contribution in [2.45, 2.75) is 18.2 Å². The van der Waals surface area contributed by atoms with Crippen molar-refractivity contribution in [1.82, 2.24) is 4.98 Å². The number of sulfonamides is 1. The molecule has 1 aliphatic rings. The van der Waals surface area contributed by atoms with Crippen LogP contribution < -0.4 is 19.5 Å². The molecule has 0 aliphatic carbocycles. The maximum atomic E-state index is 12.8. The number of anilines is 2. The summed E-state index contributed by atoms with van der Waals surface area (Å²) < 4.78 is 39.1.